The van der Waals surface area contributed by atoms with Crippen molar-refractivity contribution in [3.63, 3.8) is 0 Å². The molecule has 1 N–H and O–H groups in total. The molecule has 1 heterocycles. The topological polar surface area (TPSA) is 32.3 Å². The van der Waals surface area contributed by atoms with Crippen molar-refractivity contribution in [1.82, 2.24) is 10.2 Å². The molecule has 94 valence electrons. The van der Waals surface area contributed by atoms with Gasteiger partial charge in [-0.25, -0.2) is 0 Å². The fourth-order valence-electron chi connectivity index (χ4n) is 2.35. The van der Waals surface area contributed by atoms with Gasteiger partial charge >= 0.3 is 0 Å². The maximum absolute atomic E-state index is 12.3. The van der Waals surface area contributed by atoms with Crippen LogP contribution in [0.2, 0.25) is 0 Å². The average Bonchev–Trinajstić information content (AvgIpc) is 2.57. The monoisotopic (exact) mass is 226 g/mol. The van der Waals surface area contributed by atoms with E-state index in [2.05, 4.69) is 39.9 Å². The van der Waals surface area contributed by atoms with Crippen LogP contribution >= 0.6 is 0 Å². The summed E-state index contributed by atoms with van der Waals surface area (Å²) in [7, 11) is 0. The highest BCUT2D eigenvalue weighted by atomic mass is 16.2. The first-order chi connectivity index (χ1) is 7.52. The molecule has 1 amide bonds. The Bertz CT molecular complexity index is 240. The number of carbonyl (C=O) groups is 1. The molecule has 3 atom stereocenters. The molecule has 3 nitrogen and oxygen atoms in total. The molecule has 16 heavy (non-hydrogen) atoms. The van der Waals surface area contributed by atoms with Crippen LogP contribution in [0.15, 0.2) is 0 Å². The summed E-state index contributed by atoms with van der Waals surface area (Å²) in [5, 5.41) is 3.50. The molecule has 3 unspecified atom stereocenters. The van der Waals surface area contributed by atoms with E-state index in [0.29, 0.717) is 17.7 Å². The molecule has 1 rings (SSSR count). The molecule has 1 saturated heterocycles. The van der Waals surface area contributed by atoms with Gasteiger partial charge in [-0.15, -0.1) is 0 Å². The lowest BCUT2D eigenvalue weighted by atomic mass is 9.99. The van der Waals surface area contributed by atoms with Crippen LogP contribution in [0.1, 0.15) is 47.5 Å². The molecule has 1 fully saturated rings. The standard InChI is InChI=1S/C13H26N2O/c1-6-8-15-12(9(3)4)14-11(13(15)16)10(5)7-2/h9-12,14H,6-8H2,1-5H3. The maximum Gasteiger partial charge on any atom is 0.241 e. The van der Waals surface area contributed by atoms with Gasteiger partial charge in [0, 0.05) is 6.54 Å². The van der Waals surface area contributed by atoms with Gasteiger partial charge in [-0.05, 0) is 18.3 Å². The lowest BCUT2D eigenvalue weighted by Gasteiger charge is -2.26. The van der Waals surface area contributed by atoms with Crippen LogP contribution in [0.4, 0.5) is 0 Å². The predicted molar refractivity (Wildman–Crippen MR) is 67.0 cm³/mol. The van der Waals surface area contributed by atoms with Crippen molar-refractivity contribution < 1.29 is 4.79 Å². The first-order valence-corrected chi connectivity index (χ1v) is 6.59. The van der Waals surface area contributed by atoms with Crippen LogP contribution < -0.4 is 5.32 Å². The third-order valence-electron chi connectivity index (χ3n) is 3.54. The summed E-state index contributed by atoms with van der Waals surface area (Å²) < 4.78 is 0. The lowest BCUT2D eigenvalue weighted by molar-refractivity contribution is -0.131. The highest BCUT2D eigenvalue weighted by Gasteiger charge is 2.41. The van der Waals surface area contributed by atoms with Crippen molar-refractivity contribution in [2.75, 3.05) is 6.54 Å². The van der Waals surface area contributed by atoms with Crippen LogP contribution in [-0.2, 0) is 4.79 Å². The molecule has 0 aromatic heterocycles. The molecule has 0 radical (unpaired) electrons. The van der Waals surface area contributed by atoms with E-state index in [0.717, 1.165) is 19.4 Å². The summed E-state index contributed by atoms with van der Waals surface area (Å²) in [5.41, 5.74) is 0. The Labute approximate surface area is 99.6 Å². The summed E-state index contributed by atoms with van der Waals surface area (Å²) >= 11 is 0. The third-order valence-corrected chi connectivity index (χ3v) is 3.54. The first kappa shape index (κ1) is 13.5. The first-order valence-electron chi connectivity index (χ1n) is 6.59. The van der Waals surface area contributed by atoms with Crippen LogP contribution in [0.3, 0.4) is 0 Å². The Hall–Kier alpha value is -0.570. The van der Waals surface area contributed by atoms with Crippen LogP contribution in [-0.4, -0.2) is 29.6 Å². The molecule has 0 saturated carbocycles. The minimum atomic E-state index is 0.0314. The highest BCUT2D eigenvalue weighted by Crippen LogP contribution is 2.23. The molecule has 0 spiro atoms. The number of carbonyl (C=O) groups excluding carboxylic acids is 1. The normalized spacial score (nSPS) is 27.9. The Kier molecular flexibility index (Phi) is 4.78. The molecular weight excluding hydrogens is 200 g/mol. The Morgan fingerprint density at radius 2 is 1.94 bits per heavy atom. The second kappa shape index (κ2) is 5.67. The van der Waals surface area contributed by atoms with E-state index in [1.165, 1.54) is 0 Å². The summed E-state index contributed by atoms with van der Waals surface area (Å²) in [4.78, 5) is 14.3. The molecule has 3 heteroatoms. The van der Waals surface area contributed by atoms with Gasteiger partial charge in [0.05, 0.1) is 12.2 Å². The second-order valence-corrected chi connectivity index (χ2v) is 5.25. The highest BCUT2D eigenvalue weighted by molar-refractivity contribution is 5.84. The fourth-order valence-corrected chi connectivity index (χ4v) is 2.35. The van der Waals surface area contributed by atoms with E-state index in [9.17, 15) is 4.79 Å². The number of nitrogens with one attached hydrogen (secondary N) is 1. The van der Waals surface area contributed by atoms with E-state index >= 15 is 0 Å². The summed E-state index contributed by atoms with van der Waals surface area (Å²) in [6, 6.07) is 0.0314. The zero-order valence-corrected chi connectivity index (χ0v) is 11.3. The second-order valence-electron chi connectivity index (χ2n) is 5.25. The van der Waals surface area contributed by atoms with Gasteiger partial charge in [-0.2, -0.15) is 0 Å². The van der Waals surface area contributed by atoms with Crippen LogP contribution in [0.5, 0.6) is 0 Å². The van der Waals surface area contributed by atoms with Gasteiger partial charge in [0.25, 0.3) is 0 Å². The minimum Gasteiger partial charge on any atom is -0.326 e. The molecule has 0 aromatic rings. The largest absolute Gasteiger partial charge is 0.326 e. The molecule has 1 aliphatic rings. The maximum atomic E-state index is 12.3. The third kappa shape index (κ3) is 2.57. The van der Waals surface area contributed by atoms with Gasteiger partial charge < -0.3 is 4.90 Å². The smallest absolute Gasteiger partial charge is 0.241 e. The number of hydrogen-bond acceptors (Lipinski definition) is 2. The molecule has 0 aromatic carbocycles. The summed E-state index contributed by atoms with van der Waals surface area (Å²) in [6.07, 6.45) is 2.31. The number of rotatable bonds is 5. The van der Waals surface area contributed by atoms with Gasteiger partial charge in [0.15, 0.2) is 0 Å². The van der Waals surface area contributed by atoms with E-state index in [1.54, 1.807) is 0 Å². The SMILES string of the molecule is CCCN1C(=O)C(C(C)CC)NC1C(C)C. The Morgan fingerprint density at radius 3 is 2.38 bits per heavy atom. The molecular formula is C13H26N2O. The van der Waals surface area contributed by atoms with Crippen molar-refractivity contribution in [2.45, 2.75) is 59.7 Å². The molecule has 0 aliphatic carbocycles. The zero-order chi connectivity index (χ0) is 12.3. The fraction of sp³-hybridized carbons (Fsp3) is 0.923. The van der Waals surface area contributed by atoms with Crippen molar-refractivity contribution in [3.8, 4) is 0 Å². The average molecular weight is 226 g/mol. The predicted octanol–water partition coefficient (Wildman–Crippen LogP) is 2.22. The van der Waals surface area contributed by atoms with Crippen molar-refractivity contribution in [3.05, 3.63) is 0 Å². The van der Waals surface area contributed by atoms with Crippen LogP contribution in [0, 0.1) is 11.8 Å². The van der Waals surface area contributed by atoms with Crippen molar-refractivity contribution in [1.29, 1.82) is 0 Å². The van der Waals surface area contributed by atoms with Crippen molar-refractivity contribution in [2.24, 2.45) is 11.8 Å². The minimum absolute atomic E-state index is 0.0314. The number of amides is 1. The van der Waals surface area contributed by atoms with Crippen molar-refractivity contribution >= 4 is 5.91 Å². The van der Waals surface area contributed by atoms with E-state index in [1.807, 2.05) is 4.90 Å². The quantitative estimate of drug-likeness (QED) is 0.779. The number of nitrogens with zero attached hydrogens (tertiary/aromatic N) is 1. The van der Waals surface area contributed by atoms with E-state index < -0.39 is 0 Å². The van der Waals surface area contributed by atoms with Gasteiger partial charge in [0.1, 0.15) is 0 Å². The molecule has 1 aliphatic heterocycles. The zero-order valence-electron chi connectivity index (χ0n) is 11.3. The summed E-state index contributed by atoms with van der Waals surface area (Å²) in [6.45, 7) is 11.6. The molecule has 0 bridgehead atoms. The van der Waals surface area contributed by atoms with E-state index in [-0.39, 0.29) is 12.2 Å². The van der Waals surface area contributed by atoms with Crippen LogP contribution in [0.25, 0.3) is 0 Å². The Morgan fingerprint density at radius 1 is 1.31 bits per heavy atom. The Balaban J connectivity index is 2.78. The van der Waals surface area contributed by atoms with Gasteiger partial charge in [-0.3, -0.25) is 10.1 Å². The summed E-state index contributed by atoms with van der Waals surface area (Å²) in [5.74, 6) is 1.20. The van der Waals surface area contributed by atoms with Gasteiger partial charge in [-0.1, -0.05) is 41.0 Å². The lowest BCUT2D eigenvalue weighted by Crippen LogP contribution is -2.42. The van der Waals surface area contributed by atoms with Gasteiger partial charge in [0.2, 0.25) is 5.91 Å². The van der Waals surface area contributed by atoms with E-state index in [4.69, 9.17) is 0 Å². The number of hydrogen-bond donors (Lipinski definition) is 1.